The molecule has 1 unspecified atom stereocenters. The van der Waals surface area contributed by atoms with Crippen LogP contribution in [0, 0.1) is 0 Å². The summed E-state index contributed by atoms with van der Waals surface area (Å²) in [7, 11) is -4.28. The fourth-order valence-corrected chi connectivity index (χ4v) is 2.03. The van der Waals surface area contributed by atoms with Crippen molar-refractivity contribution in [2.24, 2.45) is 0 Å². The third-order valence-electron chi connectivity index (χ3n) is 2.64. The van der Waals surface area contributed by atoms with Crippen molar-refractivity contribution in [3.63, 3.8) is 0 Å². The molecule has 2 aromatic heterocycles. The fraction of sp³-hybridized carbons (Fsp3) is 0.300. The van der Waals surface area contributed by atoms with E-state index >= 15 is 0 Å². The van der Waals surface area contributed by atoms with Crippen LogP contribution in [0.25, 0.3) is 11.2 Å². The Balaban J connectivity index is 2.17. The second kappa shape index (κ2) is 5.99. The van der Waals surface area contributed by atoms with Crippen molar-refractivity contribution < 1.29 is 24.2 Å². The third-order valence-corrected chi connectivity index (χ3v) is 3.16. The molecule has 0 spiro atoms. The Bertz CT molecular complexity index is 756. The number of hydrogen-bond acceptors (Lipinski definition) is 8. The van der Waals surface area contributed by atoms with E-state index in [4.69, 9.17) is 26.0 Å². The Morgan fingerprint density at radius 1 is 1.45 bits per heavy atom. The summed E-state index contributed by atoms with van der Waals surface area (Å²) in [5.74, 6) is -0.0147. The fourth-order valence-electron chi connectivity index (χ4n) is 1.70. The van der Waals surface area contributed by atoms with Crippen molar-refractivity contribution in [3.8, 4) is 0 Å². The molecule has 7 N–H and O–H groups in total. The van der Waals surface area contributed by atoms with Crippen LogP contribution in [-0.4, -0.2) is 47.4 Å². The van der Waals surface area contributed by atoms with Crippen LogP contribution in [0.3, 0.4) is 0 Å². The van der Waals surface area contributed by atoms with E-state index in [1.807, 2.05) is 0 Å². The number of anilines is 2. The summed E-state index contributed by atoms with van der Waals surface area (Å²) in [6.45, 7) is 3.34. The minimum absolute atomic E-state index is 0.0665. The minimum Gasteiger partial charge on any atom is -0.382 e. The molecule has 2 aromatic rings. The number of nitrogen functional groups attached to an aromatic ring is 2. The summed E-state index contributed by atoms with van der Waals surface area (Å²) in [5.41, 5.74) is 11.8. The van der Waals surface area contributed by atoms with Gasteiger partial charge in [-0.1, -0.05) is 6.58 Å². The maximum atomic E-state index is 10.7. The van der Waals surface area contributed by atoms with E-state index in [1.165, 1.54) is 10.9 Å². The number of ether oxygens (including phenoxy) is 1. The molecule has 0 saturated heterocycles. The second-order valence-electron chi connectivity index (χ2n) is 4.47. The first-order valence-corrected chi connectivity index (χ1v) is 7.72. The van der Waals surface area contributed by atoms with E-state index in [-0.39, 0.29) is 35.1 Å². The Morgan fingerprint density at radius 3 is 2.77 bits per heavy atom. The molecule has 22 heavy (non-hydrogen) atoms. The monoisotopic (exact) mass is 330 g/mol. The molecule has 2 rings (SSSR count). The Labute approximate surface area is 124 Å². The summed E-state index contributed by atoms with van der Waals surface area (Å²) < 4.78 is 16.7. The summed E-state index contributed by atoms with van der Waals surface area (Å²) >= 11 is 0. The van der Waals surface area contributed by atoms with Crippen LogP contribution in [0.4, 0.5) is 11.8 Å². The zero-order valence-electron chi connectivity index (χ0n) is 11.3. The van der Waals surface area contributed by atoms with Crippen LogP contribution in [0.15, 0.2) is 18.5 Å². The average Bonchev–Trinajstić information content (AvgIpc) is 2.80. The number of nitrogens with two attached hydrogens (primary N) is 2. The highest BCUT2D eigenvalue weighted by molar-refractivity contribution is 7.51. The maximum absolute atomic E-state index is 10.7. The highest BCUT2D eigenvalue weighted by Crippen LogP contribution is 2.34. The van der Waals surface area contributed by atoms with E-state index < -0.39 is 20.2 Å². The lowest BCUT2D eigenvalue weighted by Gasteiger charge is -2.16. The molecule has 2 heterocycles. The van der Waals surface area contributed by atoms with Gasteiger partial charge >= 0.3 is 7.60 Å². The number of aromatic nitrogens is 4. The van der Waals surface area contributed by atoms with E-state index in [0.29, 0.717) is 0 Å². The number of aliphatic hydroxyl groups excluding tert-OH is 1. The van der Waals surface area contributed by atoms with Crippen molar-refractivity contribution in [3.05, 3.63) is 18.5 Å². The summed E-state index contributed by atoms with van der Waals surface area (Å²) in [6, 6.07) is 0. The molecule has 0 radical (unpaired) electrons. The van der Waals surface area contributed by atoms with Gasteiger partial charge in [0.05, 0.1) is 12.9 Å². The standard InChI is InChI=1S/C10H15N6O5P/c1-5(2-21-4-22(18,19)20)9(17)16-3-13-6-7(11)14-10(12)15-8(6)16/h3,9,17H,1-2,4H2,(H2,18,19,20)(H4,11,12,14,15). The normalized spacial score (nSPS) is 13.4. The zero-order valence-corrected chi connectivity index (χ0v) is 12.2. The Morgan fingerprint density at radius 2 is 2.14 bits per heavy atom. The third kappa shape index (κ3) is 3.59. The SMILES string of the molecule is C=C(COCP(=O)(O)O)C(O)n1cnc2c(N)nc(N)nc21. The molecule has 120 valence electrons. The zero-order chi connectivity index (χ0) is 16.5. The van der Waals surface area contributed by atoms with Crippen molar-refractivity contribution in [2.75, 3.05) is 24.4 Å². The topological polar surface area (TPSA) is 183 Å². The van der Waals surface area contributed by atoms with Crippen LogP contribution in [0.1, 0.15) is 6.23 Å². The van der Waals surface area contributed by atoms with E-state index in [2.05, 4.69) is 21.5 Å². The largest absolute Gasteiger partial charge is 0.382 e. The predicted molar refractivity (Wildman–Crippen MR) is 77.4 cm³/mol. The number of rotatable bonds is 6. The first-order valence-electron chi connectivity index (χ1n) is 5.92. The summed E-state index contributed by atoms with van der Waals surface area (Å²) in [5, 5.41) is 10.2. The Kier molecular flexibility index (Phi) is 4.44. The van der Waals surface area contributed by atoms with Gasteiger partial charge in [-0.2, -0.15) is 9.97 Å². The van der Waals surface area contributed by atoms with Crippen molar-refractivity contribution in [1.82, 2.24) is 19.5 Å². The molecular formula is C10H15N6O5P. The number of fused-ring (bicyclic) bond motifs is 1. The first-order chi connectivity index (χ1) is 10.2. The lowest BCUT2D eigenvalue weighted by molar-refractivity contribution is 0.108. The van der Waals surface area contributed by atoms with Gasteiger partial charge in [0.1, 0.15) is 11.9 Å². The van der Waals surface area contributed by atoms with Gasteiger partial charge < -0.3 is 31.1 Å². The number of hydrogen-bond donors (Lipinski definition) is 5. The molecule has 0 fully saturated rings. The molecule has 1 atom stereocenters. The molecule has 11 nitrogen and oxygen atoms in total. The molecule has 12 heteroatoms. The number of imidazole rings is 1. The molecule has 0 aliphatic heterocycles. The van der Waals surface area contributed by atoms with Crippen molar-refractivity contribution >= 4 is 30.5 Å². The lowest BCUT2D eigenvalue weighted by atomic mass is 10.3. The van der Waals surface area contributed by atoms with Gasteiger partial charge in [0.2, 0.25) is 5.95 Å². The molecule has 0 aliphatic rings. The summed E-state index contributed by atoms with van der Waals surface area (Å²) in [4.78, 5) is 29.0. The molecule has 0 saturated carbocycles. The number of aliphatic hydroxyl groups is 1. The van der Waals surface area contributed by atoms with Crippen molar-refractivity contribution in [2.45, 2.75) is 6.23 Å². The molecule has 0 bridgehead atoms. The molecule has 0 amide bonds. The average molecular weight is 330 g/mol. The van der Waals surface area contributed by atoms with Crippen LogP contribution in [0.5, 0.6) is 0 Å². The van der Waals surface area contributed by atoms with Gasteiger partial charge in [-0.3, -0.25) is 9.13 Å². The highest BCUT2D eigenvalue weighted by Gasteiger charge is 2.19. The van der Waals surface area contributed by atoms with Gasteiger partial charge in [-0.15, -0.1) is 0 Å². The van der Waals surface area contributed by atoms with Crippen LogP contribution in [0.2, 0.25) is 0 Å². The summed E-state index contributed by atoms with van der Waals surface area (Å²) in [6.07, 6.45) is -0.783. The number of nitrogens with zero attached hydrogens (tertiary/aromatic N) is 4. The van der Waals surface area contributed by atoms with Crippen LogP contribution < -0.4 is 11.5 Å². The molecular weight excluding hydrogens is 315 g/mol. The van der Waals surface area contributed by atoms with Gasteiger partial charge in [-0.05, 0) is 5.57 Å². The molecule has 0 aromatic carbocycles. The lowest BCUT2D eigenvalue weighted by Crippen LogP contribution is -2.15. The quantitative estimate of drug-likeness (QED) is 0.331. The van der Waals surface area contributed by atoms with Gasteiger partial charge in [0.15, 0.2) is 17.7 Å². The van der Waals surface area contributed by atoms with E-state index in [1.54, 1.807) is 0 Å². The first kappa shape index (κ1) is 16.3. The van der Waals surface area contributed by atoms with E-state index in [9.17, 15) is 9.67 Å². The van der Waals surface area contributed by atoms with Crippen LogP contribution in [-0.2, 0) is 9.30 Å². The van der Waals surface area contributed by atoms with Gasteiger partial charge in [0.25, 0.3) is 0 Å². The Hall–Kier alpha value is -2.04. The molecule has 0 aliphatic carbocycles. The minimum atomic E-state index is -4.28. The maximum Gasteiger partial charge on any atom is 0.350 e. The predicted octanol–water partition coefficient (Wildman–Crippen LogP) is -0.810. The van der Waals surface area contributed by atoms with E-state index in [0.717, 1.165) is 0 Å². The second-order valence-corrected chi connectivity index (χ2v) is 6.05. The van der Waals surface area contributed by atoms with Gasteiger partial charge in [-0.25, -0.2) is 4.98 Å². The van der Waals surface area contributed by atoms with Crippen LogP contribution >= 0.6 is 7.60 Å². The van der Waals surface area contributed by atoms with Crippen molar-refractivity contribution in [1.29, 1.82) is 0 Å². The van der Waals surface area contributed by atoms with Gasteiger partial charge in [0, 0.05) is 0 Å². The highest BCUT2D eigenvalue weighted by atomic mass is 31.2. The smallest absolute Gasteiger partial charge is 0.350 e.